The number of nitriles is 1. The van der Waals surface area contributed by atoms with Gasteiger partial charge in [0.25, 0.3) is 5.91 Å². The van der Waals surface area contributed by atoms with Gasteiger partial charge in [-0.05, 0) is 19.2 Å². The predicted octanol–water partition coefficient (Wildman–Crippen LogP) is 0.630. The molecule has 0 aromatic heterocycles. The summed E-state index contributed by atoms with van der Waals surface area (Å²) in [5.74, 6) is -0.0139. The van der Waals surface area contributed by atoms with Crippen LogP contribution in [0.5, 0.6) is 0 Å². The molecule has 1 aromatic rings. The van der Waals surface area contributed by atoms with E-state index < -0.39 is 0 Å². The number of benzene rings is 1. The molecule has 2 heterocycles. The van der Waals surface area contributed by atoms with Crippen molar-refractivity contribution in [2.24, 2.45) is 0 Å². The summed E-state index contributed by atoms with van der Waals surface area (Å²) in [6.07, 6.45) is 0. The lowest BCUT2D eigenvalue weighted by Gasteiger charge is -2.46. The molecule has 0 bridgehead atoms. The van der Waals surface area contributed by atoms with Crippen molar-refractivity contribution in [3.63, 3.8) is 0 Å². The van der Waals surface area contributed by atoms with Crippen molar-refractivity contribution >= 4 is 5.91 Å². The SMILES string of the molecule is CN1CCN2CCN(C(=O)c3ccccc3C#N)C[C@H]2C1. The molecule has 1 amide bonds. The quantitative estimate of drug-likeness (QED) is 0.759. The fourth-order valence-corrected chi connectivity index (χ4v) is 3.23. The molecule has 0 N–H and O–H groups in total. The number of amides is 1. The zero-order valence-corrected chi connectivity index (χ0v) is 12.3. The first-order valence-electron chi connectivity index (χ1n) is 7.40. The van der Waals surface area contributed by atoms with Gasteiger partial charge in [0.2, 0.25) is 0 Å². The van der Waals surface area contributed by atoms with Crippen molar-refractivity contribution < 1.29 is 4.79 Å². The summed E-state index contributed by atoms with van der Waals surface area (Å²) >= 11 is 0. The Morgan fingerprint density at radius 3 is 2.76 bits per heavy atom. The average Bonchev–Trinajstić information content (AvgIpc) is 2.53. The molecular weight excluding hydrogens is 264 g/mol. The van der Waals surface area contributed by atoms with E-state index in [0.29, 0.717) is 17.2 Å². The lowest BCUT2D eigenvalue weighted by atomic mass is 10.0. The number of fused-ring (bicyclic) bond motifs is 1. The molecule has 2 aliphatic heterocycles. The Morgan fingerprint density at radius 2 is 1.95 bits per heavy atom. The van der Waals surface area contributed by atoms with Gasteiger partial charge in [-0.3, -0.25) is 9.69 Å². The molecule has 2 saturated heterocycles. The number of carbonyl (C=O) groups excluding carboxylic acids is 1. The highest BCUT2D eigenvalue weighted by Gasteiger charge is 2.33. The van der Waals surface area contributed by atoms with E-state index in [1.807, 2.05) is 11.0 Å². The molecule has 5 nitrogen and oxygen atoms in total. The molecule has 5 heteroatoms. The van der Waals surface area contributed by atoms with Gasteiger partial charge in [-0.2, -0.15) is 5.26 Å². The third kappa shape index (κ3) is 2.78. The van der Waals surface area contributed by atoms with Crippen LogP contribution in [0.15, 0.2) is 24.3 Å². The van der Waals surface area contributed by atoms with E-state index >= 15 is 0 Å². The molecule has 2 fully saturated rings. The van der Waals surface area contributed by atoms with E-state index in [-0.39, 0.29) is 5.91 Å². The van der Waals surface area contributed by atoms with Gasteiger partial charge in [0.05, 0.1) is 17.2 Å². The Morgan fingerprint density at radius 1 is 1.19 bits per heavy atom. The third-order valence-corrected chi connectivity index (χ3v) is 4.46. The highest BCUT2D eigenvalue weighted by molar-refractivity contribution is 5.96. The third-order valence-electron chi connectivity index (χ3n) is 4.46. The first-order chi connectivity index (χ1) is 10.2. The fraction of sp³-hybridized carbons (Fsp3) is 0.500. The molecule has 3 rings (SSSR count). The van der Waals surface area contributed by atoms with Crippen LogP contribution in [-0.4, -0.2) is 73.0 Å². The van der Waals surface area contributed by atoms with Gasteiger partial charge in [0.1, 0.15) is 0 Å². The van der Waals surface area contributed by atoms with Crippen molar-refractivity contribution in [1.29, 1.82) is 5.26 Å². The van der Waals surface area contributed by atoms with Gasteiger partial charge in [0, 0.05) is 45.3 Å². The molecule has 1 atom stereocenters. The number of nitrogens with zero attached hydrogens (tertiary/aromatic N) is 4. The standard InChI is InChI=1S/C16H20N4O/c1-18-6-7-19-8-9-20(12-14(19)11-18)16(21)15-5-3-2-4-13(15)10-17/h2-5,14H,6-9,11-12H2,1H3/t14-/m1/s1. The number of hydrogen-bond donors (Lipinski definition) is 0. The maximum atomic E-state index is 12.7. The Labute approximate surface area is 125 Å². The second-order valence-electron chi connectivity index (χ2n) is 5.86. The van der Waals surface area contributed by atoms with Crippen molar-refractivity contribution in [2.75, 3.05) is 46.3 Å². The molecule has 21 heavy (non-hydrogen) atoms. The van der Waals surface area contributed by atoms with Crippen LogP contribution in [0.1, 0.15) is 15.9 Å². The Hall–Kier alpha value is -1.90. The van der Waals surface area contributed by atoms with E-state index in [4.69, 9.17) is 5.26 Å². The lowest BCUT2D eigenvalue weighted by molar-refractivity contribution is 0.0190. The van der Waals surface area contributed by atoms with Crippen LogP contribution in [-0.2, 0) is 0 Å². The Kier molecular flexibility index (Phi) is 3.91. The van der Waals surface area contributed by atoms with Gasteiger partial charge in [-0.25, -0.2) is 0 Å². The molecule has 0 aliphatic carbocycles. The number of piperazine rings is 2. The van der Waals surface area contributed by atoms with Gasteiger partial charge >= 0.3 is 0 Å². The monoisotopic (exact) mass is 284 g/mol. The zero-order chi connectivity index (χ0) is 14.8. The van der Waals surface area contributed by atoms with Crippen LogP contribution < -0.4 is 0 Å². The molecular formula is C16H20N4O. The molecule has 0 saturated carbocycles. The number of hydrogen-bond acceptors (Lipinski definition) is 4. The van der Waals surface area contributed by atoms with Crippen LogP contribution in [0.3, 0.4) is 0 Å². The molecule has 2 aliphatic rings. The van der Waals surface area contributed by atoms with Crippen molar-refractivity contribution in [2.45, 2.75) is 6.04 Å². The zero-order valence-electron chi connectivity index (χ0n) is 12.3. The topological polar surface area (TPSA) is 50.6 Å². The summed E-state index contributed by atoms with van der Waals surface area (Å²) in [5.41, 5.74) is 0.989. The summed E-state index contributed by atoms with van der Waals surface area (Å²) in [6, 6.07) is 9.60. The summed E-state index contributed by atoms with van der Waals surface area (Å²) < 4.78 is 0. The maximum absolute atomic E-state index is 12.7. The van der Waals surface area contributed by atoms with Crippen LogP contribution in [0.2, 0.25) is 0 Å². The summed E-state index contributed by atoms with van der Waals surface area (Å²) in [5, 5.41) is 9.15. The molecule has 0 radical (unpaired) electrons. The van der Waals surface area contributed by atoms with Crippen molar-refractivity contribution in [1.82, 2.24) is 14.7 Å². The Balaban J connectivity index is 1.75. The van der Waals surface area contributed by atoms with Crippen LogP contribution in [0.25, 0.3) is 0 Å². The van der Waals surface area contributed by atoms with E-state index in [1.54, 1.807) is 18.2 Å². The fourth-order valence-electron chi connectivity index (χ4n) is 3.23. The molecule has 0 spiro atoms. The van der Waals surface area contributed by atoms with E-state index in [0.717, 1.165) is 39.3 Å². The van der Waals surface area contributed by atoms with Crippen LogP contribution in [0.4, 0.5) is 0 Å². The largest absolute Gasteiger partial charge is 0.336 e. The van der Waals surface area contributed by atoms with E-state index in [2.05, 4.69) is 22.9 Å². The normalized spacial score (nSPS) is 23.4. The van der Waals surface area contributed by atoms with Gasteiger partial charge in [-0.1, -0.05) is 12.1 Å². The first-order valence-corrected chi connectivity index (χ1v) is 7.40. The Bertz CT molecular complexity index is 580. The summed E-state index contributed by atoms with van der Waals surface area (Å²) in [4.78, 5) is 19.4. The second kappa shape index (κ2) is 5.84. The van der Waals surface area contributed by atoms with Crippen LogP contribution in [0, 0.1) is 11.3 Å². The highest BCUT2D eigenvalue weighted by Crippen LogP contribution is 2.18. The number of carbonyl (C=O) groups is 1. The molecule has 1 aromatic carbocycles. The minimum absolute atomic E-state index is 0.0139. The lowest BCUT2D eigenvalue weighted by Crippen LogP contribution is -2.62. The smallest absolute Gasteiger partial charge is 0.255 e. The predicted molar refractivity (Wildman–Crippen MR) is 79.9 cm³/mol. The van der Waals surface area contributed by atoms with Gasteiger partial charge in [0.15, 0.2) is 0 Å². The minimum atomic E-state index is -0.0139. The number of rotatable bonds is 1. The second-order valence-corrected chi connectivity index (χ2v) is 5.86. The number of likely N-dealkylation sites (N-methyl/N-ethyl adjacent to an activating group) is 1. The van der Waals surface area contributed by atoms with E-state index in [9.17, 15) is 4.79 Å². The first kappa shape index (κ1) is 14.1. The van der Waals surface area contributed by atoms with Crippen LogP contribution >= 0.6 is 0 Å². The summed E-state index contributed by atoms with van der Waals surface area (Å²) in [6.45, 7) is 5.62. The molecule has 0 unspecified atom stereocenters. The van der Waals surface area contributed by atoms with Gasteiger partial charge < -0.3 is 9.80 Å². The minimum Gasteiger partial charge on any atom is -0.336 e. The van der Waals surface area contributed by atoms with Gasteiger partial charge in [-0.15, -0.1) is 0 Å². The van der Waals surface area contributed by atoms with Crippen molar-refractivity contribution in [3.8, 4) is 6.07 Å². The highest BCUT2D eigenvalue weighted by atomic mass is 16.2. The van der Waals surface area contributed by atoms with E-state index in [1.165, 1.54) is 0 Å². The average molecular weight is 284 g/mol. The maximum Gasteiger partial charge on any atom is 0.255 e. The molecule has 110 valence electrons. The van der Waals surface area contributed by atoms with Crippen molar-refractivity contribution in [3.05, 3.63) is 35.4 Å². The summed E-state index contributed by atoms with van der Waals surface area (Å²) in [7, 11) is 2.13.